The molecule has 0 radical (unpaired) electrons. The van der Waals surface area contributed by atoms with Crippen LogP contribution in [0, 0.1) is 0 Å². The lowest BCUT2D eigenvalue weighted by atomic mass is 10.0. The fourth-order valence-corrected chi connectivity index (χ4v) is 7.35. The number of benzene rings is 2. The van der Waals surface area contributed by atoms with E-state index < -0.39 is 6.10 Å². The van der Waals surface area contributed by atoms with E-state index in [1.165, 1.54) is 179 Å². The number of hydrogen-bond donors (Lipinski definition) is 3. The van der Waals surface area contributed by atoms with Gasteiger partial charge in [0.15, 0.2) is 11.6 Å². The van der Waals surface area contributed by atoms with Crippen LogP contribution in [0.2, 0.25) is 0 Å². The van der Waals surface area contributed by atoms with Gasteiger partial charge in [0, 0.05) is 48.8 Å². The molecule has 0 saturated heterocycles. The molecule has 2 aromatic carbocycles. The van der Waals surface area contributed by atoms with Gasteiger partial charge in [-0.1, -0.05) is 181 Å². The number of nitrogens with one attached hydrogen (secondary N) is 2. The normalized spacial score (nSPS) is 12.0. The molecule has 0 heterocycles. The van der Waals surface area contributed by atoms with Gasteiger partial charge in [-0.25, -0.2) is 0 Å². The second-order valence-electron chi connectivity index (χ2n) is 16.8. The minimum absolute atomic E-state index is 0.125. The van der Waals surface area contributed by atoms with E-state index in [0.29, 0.717) is 24.3 Å². The maximum Gasteiger partial charge on any atom is 0.187 e. The van der Waals surface area contributed by atoms with E-state index in [0.717, 1.165) is 24.3 Å². The number of ether oxygens (including phenoxy) is 2. The number of carbonyl (C=O) groups is 2. The van der Waals surface area contributed by atoms with Gasteiger partial charge in [-0.2, -0.15) is 0 Å². The summed E-state index contributed by atoms with van der Waals surface area (Å²) in [5, 5.41) is 16.2. The molecule has 0 unspecified atom stereocenters. The topological polar surface area (TPSA) is 96.9 Å². The first-order valence-electron chi connectivity index (χ1n) is 24.6. The summed E-state index contributed by atoms with van der Waals surface area (Å²) in [5.74, 6) is 1.31. The molecule has 2 aromatic rings. The van der Waals surface area contributed by atoms with Crippen molar-refractivity contribution >= 4 is 11.6 Å². The lowest BCUT2D eigenvalue weighted by molar-refractivity contribution is 0.103. The van der Waals surface area contributed by atoms with Crippen LogP contribution in [0.1, 0.15) is 214 Å². The quantitative estimate of drug-likeness (QED) is 0.0348. The van der Waals surface area contributed by atoms with E-state index in [1.54, 1.807) is 36.7 Å². The van der Waals surface area contributed by atoms with Crippen LogP contribution in [0.3, 0.4) is 0 Å². The standard InChI is InChI=1S/C53H86N2O5/c1-3-5-7-9-11-13-15-17-19-21-23-25-27-29-43-59-50-35-31-47(32-36-50)52(57)39-41-54-45-49(56)46-55-42-40-53(58)48-33-37-51(38-34-48)60-44-30-28-26-24-22-20-18-16-14-12-10-8-6-4-2/h31-42,49,54-56H,3-30,43-46H2,1-2H3. The zero-order valence-electron chi connectivity index (χ0n) is 38.2. The van der Waals surface area contributed by atoms with Gasteiger partial charge < -0.3 is 25.2 Å². The highest BCUT2D eigenvalue weighted by atomic mass is 16.5. The molecule has 0 atom stereocenters. The zero-order chi connectivity index (χ0) is 43.0. The molecule has 0 aromatic heterocycles. The summed E-state index contributed by atoms with van der Waals surface area (Å²) in [6.45, 7) is 6.45. The molecule has 0 aliphatic heterocycles. The molecule has 0 aliphatic rings. The number of carbonyl (C=O) groups excluding carboxylic acids is 2. The number of hydrogen-bond acceptors (Lipinski definition) is 7. The summed E-state index contributed by atoms with van der Waals surface area (Å²) in [7, 11) is 0. The van der Waals surface area contributed by atoms with Gasteiger partial charge in [-0.3, -0.25) is 9.59 Å². The Morgan fingerprint density at radius 1 is 0.450 bits per heavy atom. The highest BCUT2D eigenvalue weighted by Gasteiger charge is 2.06. The summed E-state index contributed by atoms with van der Waals surface area (Å²) in [5.41, 5.74) is 1.16. The zero-order valence-corrected chi connectivity index (χ0v) is 38.2. The lowest BCUT2D eigenvalue weighted by Crippen LogP contribution is -2.31. The van der Waals surface area contributed by atoms with E-state index in [1.807, 2.05) is 24.3 Å². The third-order valence-corrected chi connectivity index (χ3v) is 11.2. The third-order valence-electron chi connectivity index (χ3n) is 11.2. The van der Waals surface area contributed by atoms with Gasteiger partial charge in [-0.05, 0) is 61.4 Å². The van der Waals surface area contributed by atoms with Crippen molar-refractivity contribution in [2.75, 3.05) is 26.3 Å². The Kier molecular flexibility index (Phi) is 33.6. The minimum Gasteiger partial charge on any atom is -0.494 e. The predicted molar refractivity (Wildman–Crippen MR) is 253 cm³/mol. The highest BCUT2D eigenvalue weighted by Crippen LogP contribution is 2.18. The first kappa shape index (κ1) is 52.6. The van der Waals surface area contributed by atoms with E-state index in [4.69, 9.17) is 9.47 Å². The molecule has 2 rings (SSSR count). The van der Waals surface area contributed by atoms with Gasteiger partial charge in [0.2, 0.25) is 0 Å². The van der Waals surface area contributed by atoms with E-state index in [2.05, 4.69) is 24.5 Å². The van der Waals surface area contributed by atoms with Crippen molar-refractivity contribution in [2.24, 2.45) is 0 Å². The highest BCUT2D eigenvalue weighted by molar-refractivity contribution is 6.05. The Hall–Kier alpha value is -3.58. The van der Waals surface area contributed by atoms with E-state index >= 15 is 0 Å². The molecule has 0 fully saturated rings. The molecule has 7 nitrogen and oxygen atoms in total. The van der Waals surface area contributed by atoms with Gasteiger partial charge in [0.05, 0.1) is 19.3 Å². The van der Waals surface area contributed by atoms with Crippen LogP contribution in [0.4, 0.5) is 0 Å². The number of ketones is 2. The van der Waals surface area contributed by atoms with Crippen LogP contribution < -0.4 is 20.1 Å². The molecule has 0 spiro atoms. The largest absolute Gasteiger partial charge is 0.494 e. The molecular weight excluding hydrogens is 745 g/mol. The van der Waals surface area contributed by atoms with Crippen molar-refractivity contribution in [3.63, 3.8) is 0 Å². The lowest BCUT2D eigenvalue weighted by Gasteiger charge is -2.10. The second-order valence-corrected chi connectivity index (χ2v) is 16.8. The third kappa shape index (κ3) is 29.6. The second kappa shape index (κ2) is 38.3. The summed E-state index contributed by atoms with van der Waals surface area (Å²) in [4.78, 5) is 25.2. The van der Waals surface area contributed by atoms with Crippen molar-refractivity contribution in [1.82, 2.24) is 10.6 Å². The Balaban J connectivity index is 1.44. The fourth-order valence-electron chi connectivity index (χ4n) is 7.35. The van der Waals surface area contributed by atoms with E-state index in [-0.39, 0.29) is 24.7 Å². The Labute approximate surface area is 367 Å². The summed E-state index contributed by atoms with van der Waals surface area (Å²) in [6.07, 6.45) is 42.7. The molecule has 7 heteroatoms. The molecule has 60 heavy (non-hydrogen) atoms. The van der Waals surface area contributed by atoms with Crippen molar-refractivity contribution in [1.29, 1.82) is 0 Å². The number of aliphatic hydroxyl groups excluding tert-OH is 1. The van der Waals surface area contributed by atoms with Crippen LogP contribution in [0.15, 0.2) is 73.1 Å². The minimum atomic E-state index is -0.711. The maximum absolute atomic E-state index is 12.6. The average molecular weight is 831 g/mol. The molecule has 0 saturated carbocycles. The first-order valence-corrected chi connectivity index (χ1v) is 24.6. The molecule has 3 N–H and O–H groups in total. The van der Waals surface area contributed by atoms with Crippen LogP contribution >= 0.6 is 0 Å². The van der Waals surface area contributed by atoms with Crippen LogP contribution in [0.5, 0.6) is 11.5 Å². The van der Waals surface area contributed by atoms with Gasteiger partial charge in [0.1, 0.15) is 11.5 Å². The average Bonchev–Trinajstić information content (AvgIpc) is 3.26. The van der Waals surface area contributed by atoms with Crippen molar-refractivity contribution in [3.8, 4) is 11.5 Å². The van der Waals surface area contributed by atoms with E-state index in [9.17, 15) is 14.7 Å². The maximum atomic E-state index is 12.6. The number of unbranched alkanes of at least 4 members (excludes halogenated alkanes) is 26. The molecule has 0 amide bonds. The van der Waals surface area contributed by atoms with Crippen LogP contribution in [0.25, 0.3) is 0 Å². The summed E-state index contributed by atoms with van der Waals surface area (Å²) >= 11 is 0. The molecular formula is C53H86N2O5. The molecule has 0 bridgehead atoms. The first-order chi connectivity index (χ1) is 29.5. The predicted octanol–water partition coefficient (Wildman–Crippen LogP) is 14.0. The van der Waals surface area contributed by atoms with Gasteiger partial charge in [-0.15, -0.1) is 0 Å². The molecule has 0 aliphatic carbocycles. The molecule has 338 valence electrons. The number of rotatable bonds is 42. The smallest absolute Gasteiger partial charge is 0.187 e. The van der Waals surface area contributed by atoms with Crippen molar-refractivity contribution in [3.05, 3.63) is 84.2 Å². The number of allylic oxidation sites excluding steroid dienone is 2. The van der Waals surface area contributed by atoms with Crippen LogP contribution in [-0.2, 0) is 0 Å². The van der Waals surface area contributed by atoms with Crippen molar-refractivity contribution in [2.45, 2.75) is 200 Å². The van der Waals surface area contributed by atoms with Crippen LogP contribution in [-0.4, -0.2) is 49.1 Å². The number of aliphatic hydroxyl groups is 1. The van der Waals surface area contributed by atoms with Gasteiger partial charge in [0.25, 0.3) is 0 Å². The fraction of sp³-hybridized carbons (Fsp3) is 0.660. The summed E-state index contributed by atoms with van der Waals surface area (Å²) < 4.78 is 11.8. The monoisotopic (exact) mass is 831 g/mol. The Morgan fingerprint density at radius 2 is 0.717 bits per heavy atom. The Bertz CT molecular complexity index is 1250. The van der Waals surface area contributed by atoms with Crippen molar-refractivity contribution < 1.29 is 24.2 Å². The Morgan fingerprint density at radius 3 is 1.00 bits per heavy atom. The SMILES string of the molecule is CCCCCCCCCCCCCCCCOc1ccc(C(=O)C=CNCC(O)CNC=CC(=O)c2ccc(OCCCCCCCCCCCCCCCC)cc2)cc1. The summed E-state index contributed by atoms with van der Waals surface area (Å²) in [6, 6.07) is 14.5. The van der Waals surface area contributed by atoms with Gasteiger partial charge >= 0.3 is 0 Å².